The summed E-state index contributed by atoms with van der Waals surface area (Å²) in [5.41, 5.74) is 1.87. The van der Waals surface area contributed by atoms with Crippen LogP contribution in [0.2, 0.25) is 0 Å². The molecule has 2 N–H and O–H groups in total. The van der Waals surface area contributed by atoms with Crippen molar-refractivity contribution < 1.29 is 9.59 Å². The van der Waals surface area contributed by atoms with Gasteiger partial charge in [-0.3, -0.25) is 9.59 Å². The zero-order chi connectivity index (χ0) is 15.9. The van der Waals surface area contributed by atoms with Crippen LogP contribution in [-0.4, -0.2) is 11.8 Å². The molecule has 0 radical (unpaired) electrons. The van der Waals surface area contributed by atoms with Crippen molar-refractivity contribution in [1.82, 2.24) is 0 Å². The van der Waals surface area contributed by atoms with Gasteiger partial charge in [-0.1, -0.05) is 38.1 Å². The Labute approximate surface area is 130 Å². The lowest BCUT2D eigenvalue weighted by Crippen LogP contribution is -2.20. The summed E-state index contributed by atoms with van der Waals surface area (Å²) in [4.78, 5) is 24.1. The van der Waals surface area contributed by atoms with E-state index >= 15 is 0 Å². The molecule has 2 aromatic carbocycles. The molecule has 2 rings (SSSR count). The van der Waals surface area contributed by atoms with Crippen LogP contribution in [0.3, 0.4) is 0 Å². The van der Waals surface area contributed by atoms with Crippen molar-refractivity contribution >= 4 is 23.2 Å². The number of hydrogen-bond acceptors (Lipinski definition) is 2. The summed E-state index contributed by atoms with van der Waals surface area (Å²) in [6.45, 7) is 3.84. The van der Waals surface area contributed by atoms with Crippen LogP contribution in [0, 0.1) is 5.92 Å². The second-order valence-corrected chi connectivity index (χ2v) is 5.20. The van der Waals surface area contributed by atoms with Crippen LogP contribution in [0.1, 0.15) is 30.6 Å². The number of rotatable bonds is 5. The van der Waals surface area contributed by atoms with E-state index < -0.39 is 0 Å². The summed E-state index contributed by atoms with van der Waals surface area (Å²) in [7, 11) is 0. The standard InChI is InChI=1S/C18H20N2O2/c1-3-13(2)17(21)20-16-11-7-8-14(12-16)18(22)19-15-9-5-4-6-10-15/h4-13H,3H2,1-2H3,(H,19,22)(H,20,21). The largest absolute Gasteiger partial charge is 0.326 e. The Morgan fingerprint density at radius 3 is 2.32 bits per heavy atom. The van der Waals surface area contributed by atoms with E-state index in [1.807, 2.05) is 44.2 Å². The van der Waals surface area contributed by atoms with Crippen LogP contribution < -0.4 is 10.6 Å². The number of hydrogen-bond donors (Lipinski definition) is 2. The smallest absolute Gasteiger partial charge is 0.255 e. The molecule has 0 saturated heterocycles. The zero-order valence-electron chi connectivity index (χ0n) is 12.8. The average Bonchev–Trinajstić information content (AvgIpc) is 2.55. The predicted octanol–water partition coefficient (Wildman–Crippen LogP) is 3.92. The van der Waals surface area contributed by atoms with Crippen LogP contribution in [0.15, 0.2) is 54.6 Å². The summed E-state index contributed by atoms with van der Waals surface area (Å²) in [6, 6.07) is 16.2. The third kappa shape index (κ3) is 4.19. The summed E-state index contributed by atoms with van der Waals surface area (Å²) in [5, 5.41) is 5.65. The molecule has 2 amide bonds. The van der Waals surface area contributed by atoms with E-state index in [2.05, 4.69) is 10.6 Å². The van der Waals surface area contributed by atoms with Gasteiger partial charge in [0.15, 0.2) is 0 Å². The molecule has 22 heavy (non-hydrogen) atoms. The maximum absolute atomic E-state index is 12.2. The lowest BCUT2D eigenvalue weighted by molar-refractivity contribution is -0.119. The third-order valence-electron chi connectivity index (χ3n) is 3.48. The van der Waals surface area contributed by atoms with E-state index in [1.165, 1.54) is 0 Å². The number of amides is 2. The number of carbonyl (C=O) groups excluding carboxylic acids is 2. The number of benzene rings is 2. The molecular weight excluding hydrogens is 276 g/mol. The van der Waals surface area contributed by atoms with E-state index in [0.717, 1.165) is 12.1 Å². The lowest BCUT2D eigenvalue weighted by atomic mass is 10.1. The molecule has 2 aromatic rings. The molecule has 1 unspecified atom stereocenters. The molecule has 0 spiro atoms. The molecule has 4 nitrogen and oxygen atoms in total. The minimum absolute atomic E-state index is 0.0388. The number of carbonyl (C=O) groups is 2. The van der Waals surface area contributed by atoms with Crippen LogP contribution in [-0.2, 0) is 4.79 Å². The number of anilines is 2. The minimum Gasteiger partial charge on any atom is -0.326 e. The first kappa shape index (κ1) is 15.8. The first-order chi connectivity index (χ1) is 10.6. The lowest BCUT2D eigenvalue weighted by Gasteiger charge is -2.11. The Balaban J connectivity index is 2.08. The highest BCUT2D eigenvalue weighted by Crippen LogP contribution is 2.15. The Hall–Kier alpha value is -2.62. The summed E-state index contributed by atoms with van der Waals surface area (Å²) < 4.78 is 0. The monoisotopic (exact) mass is 296 g/mol. The fraction of sp³-hybridized carbons (Fsp3) is 0.222. The van der Waals surface area contributed by atoms with Gasteiger partial charge in [0, 0.05) is 22.9 Å². The first-order valence-electron chi connectivity index (χ1n) is 7.37. The topological polar surface area (TPSA) is 58.2 Å². The maximum Gasteiger partial charge on any atom is 0.255 e. The molecule has 0 aliphatic rings. The quantitative estimate of drug-likeness (QED) is 0.878. The van der Waals surface area contributed by atoms with E-state index in [9.17, 15) is 9.59 Å². The molecule has 0 saturated carbocycles. The van der Waals surface area contributed by atoms with Crippen LogP contribution >= 0.6 is 0 Å². The number of para-hydroxylation sites is 1. The highest BCUT2D eigenvalue weighted by molar-refractivity contribution is 6.05. The van der Waals surface area contributed by atoms with Gasteiger partial charge in [-0.25, -0.2) is 0 Å². The van der Waals surface area contributed by atoms with Crippen molar-refractivity contribution in [2.45, 2.75) is 20.3 Å². The second-order valence-electron chi connectivity index (χ2n) is 5.20. The van der Waals surface area contributed by atoms with Gasteiger partial charge in [0.1, 0.15) is 0 Å². The molecule has 4 heteroatoms. The van der Waals surface area contributed by atoms with Crippen LogP contribution in [0.5, 0.6) is 0 Å². The second kappa shape index (κ2) is 7.41. The Morgan fingerprint density at radius 2 is 1.64 bits per heavy atom. The molecule has 0 aromatic heterocycles. The SMILES string of the molecule is CCC(C)C(=O)Nc1cccc(C(=O)Nc2ccccc2)c1. The first-order valence-corrected chi connectivity index (χ1v) is 7.37. The van der Waals surface area contributed by atoms with Gasteiger partial charge in [0.25, 0.3) is 5.91 Å². The molecular formula is C18H20N2O2. The highest BCUT2D eigenvalue weighted by atomic mass is 16.2. The van der Waals surface area contributed by atoms with Crippen LogP contribution in [0.25, 0.3) is 0 Å². The predicted molar refractivity (Wildman–Crippen MR) is 88.9 cm³/mol. The third-order valence-corrected chi connectivity index (χ3v) is 3.48. The Morgan fingerprint density at radius 1 is 0.955 bits per heavy atom. The molecule has 0 aliphatic heterocycles. The molecule has 0 fully saturated rings. The molecule has 114 valence electrons. The average molecular weight is 296 g/mol. The van der Waals surface area contributed by atoms with Gasteiger partial charge < -0.3 is 10.6 Å². The highest BCUT2D eigenvalue weighted by Gasteiger charge is 2.12. The number of nitrogens with one attached hydrogen (secondary N) is 2. The van der Waals surface area contributed by atoms with Gasteiger partial charge in [0.2, 0.25) is 5.91 Å². The molecule has 1 atom stereocenters. The van der Waals surface area contributed by atoms with Crippen molar-refractivity contribution in [3.05, 3.63) is 60.2 Å². The van der Waals surface area contributed by atoms with Gasteiger partial charge in [-0.15, -0.1) is 0 Å². The normalized spacial score (nSPS) is 11.5. The van der Waals surface area contributed by atoms with Crippen molar-refractivity contribution in [3.8, 4) is 0 Å². The van der Waals surface area contributed by atoms with Gasteiger partial charge >= 0.3 is 0 Å². The van der Waals surface area contributed by atoms with Gasteiger partial charge in [-0.2, -0.15) is 0 Å². The van der Waals surface area contributed by atoms with Crippen molar-refractivity contribution in [3.63, 3.8) is 0 Å². The summed E-state index contributed by atoms with van der Waals surface area (Å²) in [5.74, 6) is -0.296. The van der Waals surface area contributed by atoms with Crippen molar-refractivity contribution in [2.24, 2.45) is 5.92 Å². The fourth-order valence-corrected chi connectivity index (χ4v) is 1.91. The maximum atomic E-state index is 12.2. The van der Waals surface area contributed by atoms with E-state index in [-0.39, 0.29) is 17.7 Å². The van der Waals surface area contributed by atoms with Crippen molar-refractivity contribution in [2.75, 3.05) is 10.6 Å². The van der Waals surface area contributed by atoms with Crippen molar-refractivity contribution in [1.29, 1.82) is 0 Å². The summed E-state index contributed by atoms with van der Waals surface area (Å²) >= 11 is 0. The zero-order valence-corrected chi connectivity index (χ0v) is 12.8. The van der Waals surface area contributed by atoms with E-state index in [4.69, 9.17) is 0 Å². The van der Waals surface area contributed by atoms with Crippen LogP contribution in [0.4, 0.5) is 11.4 Å². The fourth-order valence-electron chi connectivity index (χ4n) is 1.91. The minimum atomic E-state index is -0.203. The summed E-state index contributed by atoms with van der Waals surface area (Å²) in [6.07, 6.45) is 0.778. The molecule has 0 bridgehead atoms. The Kier molecular flexibility index (Phi) is 5.31. The van der Waals surface area contributed by atoms with E-state index in [0.29, 0.717) is 11.3 Å². The Bertz CT molecular complexity index is 653. The van der Waals surface area contributed by atoms with Gasteiger partial charge in [-0.05, 0) is 36.8 Å². The molecule has 0 aliphatic carbocycles. The molecule has 0 heterocycles. The van der Waals surface area contributed by atoms with Gasteiger partial charge in [0.05, 0.1) is 0 Å². The van der Waals surface area contributed by atoms with E-state index in [1.54, 1.807) is 24.3 Å².